The quantitative estimate of drug-likeness (QED) is 0.408. The van der Waals surface area contributed by atoms with Gasteiger partial charge in [-0.2, -0.15) is 0 Å². The predicted molar refractivity (Wildman–Crippen MR) is 73.1 cm³/mol. The Morgan fingerprint density at radius 2 is 2.00 bits per heavy atom. The number of aliphatic carboxylic acids is 1. The van der Waals surface area contributed by atoms with Crippen molar-refractivity contribution in [1.29, 1.82) is 0 Å². The number of rotatable bonds is 6. The highest BCUT2D eigenvalue weighted by Crippen LogP contribution is 2.01. The number of hydrogen-bond donors (Lipinski definition) is 3. The van der Waals surface area contributed by atoms with Crippen LogP contribution in [0.25, 0.3) is 0 Å². The van der Waals surface area contributed by atoms with E-state index in [1.807, 2.05) is 30.3 Å². The Hall–Kier alpha value is -2.57. The second-order valence-electron chi connectivity index (χ2n) is 3.96. The van der Waals surface area contributed by atoms with Gasteiger partial charge >= 0.3 is 12.1 Å². The number of benzene rings is 1. The van der Waals surface area contributed by atoms with Gasteiger partial charge in [-0.25, -0.2) is 4.79 Å². The molecule has 1 aromatic carbocycles. The lowest BCUT2D eigenvalue weighted by molar-refractivity contribution is -0.137. The number of carboxylic acids is 1. The molecule has 0 bridgehead atoms. The van der Waals surface area contributed by atoms with Gasteiger partial charge in [0.15, 0.2) is 5.96 Å². The summed E-state index contributed by atoms with van der Waals surface area (Å²) in [6.45, 7) is 0.447. The molecule has 0 aliphatic heterocycles. The number of ether oxygens (including phenoxy) is 1. The van der Waals surface area contributed by atoms with E-state index in [0.717, 1.165) is 5.56 Å². The average Bonchev–Trinajstić information content (AvgIpc) is 2.42. The molecule has 0 saturated carbocycles. The predicted octanol–water partition coefficient (Wildman–Crippen LogP) is 1.09. The Bertz CT molecular complexity index is 474. The molecule has 7 nitrogen and oxygen atoms in total. The fraction of sp³-hybridized carbons (Fsp3) is 0.308. The first-order chi connectivity index (χ1) is 9.58. The summed E-state index contributed by atoms with van der Waals surface area (Å²) in [5.41, 5.74) is 6.30. The van der Waals surface area contributed by atoms with Crippen LogP contribution in [0.3, 0.4) is 0 Å². The van der Waals surface area contributed by atoms with Crippen molar-refractivity contribution in [3.63, 3.8) is 0 Å². The first-order valence-corrected chi connectivity index (χ1v) is 6.08. The molecule has 1 aromatic rings. The second-order valence-corrected chi connectivity index (χ2v) is 3.96. The first-order valence-electron chi connectivity index (χ1n) is 6.08. The molecule has 1 rings (SSSR count). The summed E-state index contributed by atoms with van der Waals surface area (Å²) in [7, 11) is 0. The summed E-state index contributed by atoms with van der Waals surface area (Å²) in [4.78, 5) is 25.1. The lowest BCUT2D eigenvalue weighted by Gasteiger charge is -2.04. The molecule has 0 atom stereocenters. The molecule has 0 saturated heterocycles. The summed E-state index contributed by atoms with van der Waals surface area (Å²) >= 11 is 0. The first kappa shape index (κ1) is 15.5. The van der Waals surface area contributed by atoms with Gasteiger partial charge in [0.05, 0.1) is 0 Å². The Labute approximate surface area is 116 Å². The van der Waals surface area contributed by atoms with Crippen molar-refractivity contribution >= 4 is 18.0 Å². The highest BCUT2D eigenvalue weighted by Gasteiger charge is 2.03. The number of carboxylic acid groups (broad SMARTS) is 1. The normalized spacial score (nSPS) is 10.9. The summed E-state index contributed by atoms with van der Waals surface area (Å²) in [6.07, 6.45) is -0.374. The number of nitrogens with one attached hydrogen (secondary N) is 1. The third-order valence-electron chi connectivity index (χ3n) is 2.29. The van der Waals surface area contributed by atoms with Crippen molar-refractivity contribution in [1.82, 2.24) is 5.32 Å². The number of amides is 1. The van der Waals surface area contributed by atoms with Crippen molar-refractivity contribution in [3.8, 4) is 0 Å². The number of carbonyl (C=O) groups excluding carboxylic acids is 1. The van der Waals surface area contributed by atoms with E-state index < -0.39 is 12.1 Å². The molecule has 108 valence electrons. The van der Waals surface area contributed by atoms with Gasteiger partial charge in [-0.3, -0.25) is 4.79 Å². The van der Waals surface area contributed by atoms with Crippen LogP contribution in [0.1, 0.15) is 18.4 Å². The number of nitrogens with two attached hydrogens (primary N) is 1. The van der Waals surface area contributed by atoms with Crippen LogP contribution in [0.5, 0.6) is 0 Å². The molecule has 0 aromatic heterocycles. The zero-order valence-electron chi connectivity index (χ0n) is 10.9. The number of carbonyl (C=O) groups is 2. The third kappa shape index (κ3) is 7.00. The molecule has 0 spiro atoms. The molecular formula is C13H17N3O4. The minimum Gasteiger partial charge on any atom is -0.481 e. The van der Waals surface area contributed by atoms with Crippen molar-refractivity contribution in [3.05, 3.63) is 35.9 Å². The van der Waals surface area contributed by atoms with Crippen molar-refractivity contribution in [2.75, 3.05) is 6.54 Å². The number of hydrogen-bond acceptors (Lipinski definition) is 3. The molecule has 1 amide bonds. The molecule has 20 heavy (non-hydrogen) atoms. The van der Waals surface area contributed by atoms with Gasteiger partial charge in [0.25, 0.3) is 0 Å². The maximum absolute atomic E-state index is 11.3. The number of nitrogens with zero attached hydrogens (tertiary/aromatic N) is 1. The minimum atomic E-state index is -0.885. The Kier molecular flexibility index (Phi) is 6.60. The molecule has 0 unspecified atom stereocenters. The van der Waals surface area contributed by atoms with Gasteiger partial charge in [0, 0.05) is 13.0 Å². The molecule has 0 radical (unpaired) electrons. The van der Waals surface area contributed by atoms with Crippen LogP contribution in [0.2, 0.25) is 0 Å². The van der Waals surface area contributed by atoms with Gasteiger partial charge in [0.1, 0.15) is 6.61 Å². The summed E-state index contributed by atoms with van der Waals surface area (Å²) < 4.78 is 4.90. The molecule has 7 heteroatoms. The smallest absolute Gasteiger partial charge is 0.437 e. The Balaban J connectivity index is 2.25. The standard InChI is InChI=1S/C13H17N3O4/c14-12(15-8-4-7-11(17)18)16-13(19)20-9-10-5-2-1-3-6-10/h1-3,5-6H,4,7-9H2,(H,17,18)(H3,14,15,16,19). The van der Waals surface area contributed by atoms with Gasteiger partial charge in [-0.15, -0.1) is 4.99 Å². The van der Waals surface area contributed by atoms with Gasteiger partial charge in [-0.1, -0.05) is 30.3 Å². The van der Waals surface area contributed by atoms with E-state index >= 15 is 0 Å². The highest BCUT2D eigenvalue weighted by molar-refractivity contribution is 5.89. The van der Waals surface area contributed by atoms with Gasteiger partial charge in [-0.05, 0) is 12.0 Å². The van der Waals surface area contributed by atoms with Crippen LogP contribution in [0.4, 0.5) is 4.79 Å². The van der Waals surface area contributed by atoms with E-state index in [1.54, 1.807) is 0 Å². The van der Waals surface area contributed by atoms with Crippen molar-refractivity contribution in [2.24, 2.45) is 10.7 Å². The lowest BCUT2D eigenvalue weighted by Crippen LogP contribution is -2.33. The second kappa shape index (κ2) is 8.52. The van der Waals surface area contributed by atoms with Crippen LogP contribution in [0.15, 0.2) is 35.3 Å². The topological polar surface area (TPSA) is 114 Å². The van der Waals surface area contributed by atoms with E-state index in [-0.39, 0.29) is 19.0 Å². The fourth-order valence-corrected chi connectivity index (χ4v) is 1.35. The van der Waals surface area contributed by atoms with Crippen molar-refractivity contribution < 1.29 is 19.4 Å². The van der Waals surface area contributed by atoms with Gasteiger partial charge < -0.3 is 20.9 Å². The van der Waals surface area contributed by atoms with E-state index in [1.165, 1.54) is 0 Å². The Morgan fingerprint density at radius 1 is 1.30 bits per heavy atom. The van der Waals surface area contributed by atoms with E-state index in [4.69, 9.17) is 15.6 Å². The highest BCUT2D eigenvalue weighted by atomic mass is 16.5. The maximum atomic E-state index is 11.3. The summed E-state index contributed by atoms with van der Waals surface area (Å²) in [5.74, 6) is -0.974. The average molecular weight is 279 g/mol. The van der Waals surface area contributed by atoms with Crippen LogP contribution >= 0.6 is 0 Å². The minimum absolute atomic E-state index is 0.0265. The van der Waals surface area contributed by atoms with Crippen LogP contribution in [-0.2, 0) is 16.1 Å². The number of aliphatic imine (C=N–C) groups is 1. The monoisotopic (exact) mass is 279 g/mol. The van der Waals surface area contributed by atoms with Crippen LogP contribution < -0.4 is 11.1 Å². The summed E-state index contributed by atoms with van der Waals surface area (Å²) in [5, 5.41) is 11.1. The largest absolute Gasteiger partial charge is 0.481 e. The number of guanidine groups is 1. The third-order valence-corrected chi connectivity index (χ3v) is 2.29. The molecule has 0 heterocycles. The van der Waals surface area contributed by atoms with Crippen molar-refractivity contribution in [2.45, 2.75) is 19.4 Å². The van der Waals surface area contributed by atoms with Gasteiger partial charge in [0.2, 0.25) is 0 Å². The van der Waals surface area contributed by atoms with E-state index in [0.29, 0.717) is 13.0 Å². The molecule has 0 aliphatic rings. The molecule has 0 fully saturated rings. The molecule has 4 N–H and O–H groups in total. The van der Waals surface area contributed by atoms with Crippen LogP contribution in [-0.4, -0.2) is 29.7 Å². The molecule has 0 aliphatic carbocycles. The lowest BCUT2D eigenvalue weighted by atomic mass is 10.2. The Morgan fingerprint density at radius 3 is 2.65 bits per heavy atom. The molecular weight excluding hydrogens is 262 g/mol. The zero-order chi connectivity index (χ0) is 14.8. The summed E-state index contributed by atoms with van der Waals surface area (Å²) in [6, 6.07) is 9.19. The maximum Gasteiger partial charge on any atom is 0.437 e. The zero-order valence-corrected chi connectivity index (χ0v) is 10.9. The van der Waals surface area contributed by atoms with E-state index in [9.17, 15) is 9.59 Å². The fourth-order valence-electron chi connectivity index (χ4n) is 1.35. The van der Waals surface area contributed by atoms with E-state index in [2.05, 4.69) is 10.3 Å². The SMILES string of the molecule is N/C(=N\C(=O)OCc1ccccc1)NCCCC(=O)O. The van der Waals surface area contributed by atoms with Crippen LogP contribution in [0, 0.1) is 0 Å².